The van der Waals surface area contributed by atoms with Crippen molar-refractivity contribution in [1.29, 1.82) is 0 Å². The van der Waals surface area contributed by atoms with Gasteiger partial charge in [-0.15, -0.1) is 0 Å². The number of aryl methyl sites for hydroxylation is 2. The normalized spacial score (nSPS) is 10.5. The number of aromatic nitrogens is 2. The van der Waals surface area contributed by atoms with Crippen molar-refractivity contribution < 1.29 is 4.79 Å². The van der Waals surface area contributed by atoms with Gasteiger partial charge in [-0.1, -0.05) is 17.7 Å². The van der Waals surface area contributed by atoms with Crippen molar-refractivity contribution in [3.05, 3.63) is 71.5 Å². The Bertz CT molecular complexity index is 981. The molecule has 0 unspecified atom stereocenters. The minimum atomic E-state index is -0.272. The van der Waals surface area contributed by atoms with Crippen molar-refractivity contribution in [2.24, 2.45) is 0 Å². The Morgan fingerprint density at radius 3 is 2.38 bits per heavy atom. The smallest absolute Gasteiger partial charge is 0.274 e. The van der Waals surface area contributed by atoms with Crippen molar-refractivity contribution in [2.45, 2.75) is 27.7 Å². The van der Waals surface area contributed by atoms with Crippen LogP contribution in [0.25, 0.3) is 0 Å². The van der Waals surface area contributed by atoms with Crippen LogP contribution in [0.15, 0.2) is 54.7 Å². The summed E-state index contributed by atoms with van der Waals surface area (Å²) in [5.74, 6) is 0.119. The van der Waals surface area contributed by atoms with E-state index in [0.29, 0.717) is 11.6 Å². The quantitative estimate of drug-likeness (QED) is 0.599. The van der Waals surface area contributed by atoms with E-state index in [0.717, 1.165) is 35.7 Å². The van der Waals surface area contributed by atoms with Gasteiger partial charge in [0.2, 0.25) is 5.95 Å². The van der Waals surface area contributed by atoms with Crippen LogP contribution in [0.5, 0.6) is 0 Å². The van der Waals surface area contributed by atoms with Gasteiger partial charge in [-0.3, -0.25) is 4.79 Å². The maximum atomic E-state index is 12.6. The summed E-state index contributed by atoms with van der Waals surface area (Å²) in [4.78, 5) is 23.5. The zero-order valence-corrected chi connectivity index (χ0v) is 17.4. The van der Waals surface area contributed by atoms with Crippen LogP contribution in [0.1, 0.15) is 35.5 Å². The zero-order chi connectivity index (χ0) is 20.8. The number of rotatable bonds is 7. The van der Waals surface area contributed by atoms with E-state index in [-0.39, 0.29) is 5.91 Å². The van der Waals surface area contributed by atoms with Crippen molar-refractivity contribution in [2.75, 3.05) is 28.6 Å². The van der Waals surface area contributed by atoms with Gasteiger partial charge < -0.3 is 15.5 Å². The number of carbonyl (C=O) groups is 1. The molecule has 1 aromatic heterocycles. The van der Waals surface area contributed by atoms with Gasteiger partial charge in [0.05, 0.1) is 0 Å². The zero-order valence-electron chi connectivity index (χ0n) is 17.4. The summed E-state index contributed by atoms with van der Waals surface area (Å²) >= 11 is 0. The van der Waals surface area contributed by atoms with Crippen molar-refractivity contribution in [1.82, 2.24) is 9.97 Å². The maximum absolute atomic E-state index is 12.6. The van der Waals surface area contributed by atoms with E-state index in [4.69, 9.17) is 0 Å². The van der Waals surface area contributed by atoms with Crippen LogP contribution in [0.3, 0.4) is 0 Å². The Balaban J connectivity index is 1.70. The van der Waals surface area contributed by atoms with Crippen molar-refractivity contribution in [3.63, 3.8) is 0 Å². The molecular weight excluding hydrogens is 362 g/mol. The molecule has 6 heteroatoms. The molecule has 3 aromatic rings. The molecule has 0 spiro atoms. The van der Waals surface area contributed by atoms with E-state index < -0.39 is 0 Å². The Labute approximate surface area is 172 Å². The SMILES string of the molecule is CCN(CC)c1ccc(NC(=O)c2ccnc(Nc3ccc(C)cc3C)n2)cc1. The molecule has 0 aliphatic rings. The third-order valence-corrected chi connectivity index (χ3v) is 4.77. The van der Waals surface area contributed by atoms with Crippen molar-refractivity contribution >= 4 is 28.9 Å². The fourth-order valence-corrected chi connectivity index (χ4v) is 3.16. The highest BCUT2D eigenvalue weighted by Crippen LogP contribution is 2.20. The van der Waals surface area contributed by atoms with Crippen LogP contribution in [0.2, 0.25) is 0 Å². The first-order valence-corrected chi connectivity index (χ1v) is 9.83. The number of amides is 1. The van der Waals surface area contributed by atoms with Gasteiger partial charge in [-0.05, 0) is 69.7 Å². The minimum Gasteiger partial charge on any atom is -0.372 e. The molecule has 6 nitrogen and oxygen atoms in total. The Hall–Kier alpha value is -3.41. The van der Waals surface area contributed by atoms with E-state index in [1.165, 1.54) is 5.56 Å². The fourth-order valence-electron chi connectivity index (χ4n) is 3.16. The highest BCUT2D eigenvalue weighted by atomic mass is 16.1. The molecule has 0 fully saturated rings. The molecule has 0 saturated heterocycles. The molecule has 3 rings (SSSR count). The van der Waals surface area contributed by atoms with Gasteiger partial charge in [-0.2, -0.15) is 0 Å². The van der Waals surface area contributed by atoms with E-state index in [9.17, 15) is 4.79 Å². The highest BCUT2D eigenvalue weighted by Gasteiger charge is 2.11. The summed E-state index contributed by atoms with van der Waals surface area (Å²) in [5.41, 5.74) is 5.37. The summed E-state index contributed by atoms with van der Waals surface area (Å²) in [7, 11) is 0. The first-order chi connectivity index (χ1) is 14.0. The lowest BCUT2D eigenvalue weighted by Gasteiger charge is -2.21. The Morgan fingerprint density at radius 2 is 1.72 bits per heavy atom. The molecule has 0 saturated carbocycles. The summed E-state index contributed by atoms with van der Waals surface area (Å²) < 4.78 is 0. The first kappa shape index (κ1) is 20.3. The average molecular weight is 390 g/mol. The Morgan fingerprint density at radius 1 is 1.00 bits per heavy atom. The second-order valence-electron chi connectivity index (χ2n) is 6.88. The molecule has 0 aliphatic carbocycles. The third kappa shape index (κ3) is 5.10. The van der Waals surface area contributed by atoms with Gasteiger partial charge >= 0.3 is 0 Å². The van der Waals surface area contributed by atoms with Crippen LogP contribution < -0.4 is 15.5 Å². The van der Waals surface area contributed by atoms with Crippen LogP contribution in [0, 0.1) is 13.8 Å². The predicted molar refractivity (Wildman–Crippen MR) is 119 cm³/mol. The van der Waals surface area contributed by atoms with E-state index >= 15 is 0 Å². The van der Waals surface area contributed by atoms with Gasteiger partial charge in [0, 0.05) is 36.3 Å². The minimum absolute atomic E-state index is 0.272. The standard InChI is InChI=1S/C23H27N5O/c1-5-28(6-2)19-10-8-18(9-11-19)25-22(29)21-13-14-24-23(27-21)26-20-12-7-16(3)15-17(20)4/h7-15H,5-6H2,1-4H3,(H,25,29)(H,24,26,27). The molecule has 1 amide bonds. The molecule has 29 heavy (non-hydrogen) atoms. The number of hydrogen-bond donors (Lipinski definition) is 2. The average Bonchev–Trinajstić information content (AvgIpc) is 2.72. The molecule has 1 heterocycles. The summed E-state index contributed by atoms with van der Waals surface area (Å²) in [6.07, 6.45) is 1.58. The number of anilines is 4. The van der Waals surface area contributed by atoms with Gasteiger partial charge in [-0.25, -0.2) is 9.97 Å². The monoisotopic (exact) mass is 389 g/mol. The predicted octanol–water partition coefficient (Wildman–Crippen LogP) is 4.94. The second-order valence-corrected chi connectivity index (χ2v) is 6.88. The molecular formula is C23H27N5O. The Kier molecular flexibility index (Phi) is 6.44. The summed E-state index contributed by atoms with van der Waals surface area (Å²) in [6, 6.07) is 15.5. The number of hydrogen-bond acceptors (Lipinski definition) is 5. The first-order valence-electron chi connectivity index (χ1n) is 9.83. The maximum Gasteiger partial charge on any atom is 0.274 e. The second kappa shape index (κ2) is 9.19. The van der Waals surface area contributed by atoms with Crippen LogP contribution in [0.4, 0.5) is 23.0 Å². The van der Waals surface area contributed by atoms with Gasteiger partial charge in [0.25, 0.3) is 5.91 Å². The number of benzene rings is 2. The molecule has 0 atom stereocenters. The highest BCUT2D eigenvalue weighted by molar-refractivity contribution is 6.03. The largest absolute Gasteiger partial charge is 0.372 e. The number of nitrogens with zero attached hydrogens (tertiary/aromatic N) is 3. The number of nitrogens with one attached hydrogen (secondary N) is 2. The van der Waals surface area contributed by atoms with Crippen LogP contribution >= 0.6 is 0 Å². The van der Waals surface area contributed by atoms with Crippen LogP contribution in [-0.4, -0.2) is 29.0 Å². The lowest BCUT2D eigenvalue weighted by atomic mass is 10.1. The van der Waals surface area contributed by atoms with E-state index in [1.807, 2.05) is 50.2 Å². The molecule has 150 valence electrons. The molecule has 2 N–H and O–H groups in total. The number of carbonyl (C=O) groups excluding carboxylic acids is 1. The third-order valence-electron chi connectivity index (χ3n) is 4.77. The lowest BCUT2D eigenvalue weighted by Crippen LogP contribution is -2.21. The van der Waals surface area contributed by atoms with Gasteiger partial charge in [0.15, 0.2) is 0 Å². The van der Waals surface area contributed by atoms with Crippen LogP contribution in [-0.2, 0) is 0 Å². The fraction of sp³-hybridized carbons (Fsp3) is 0.261. The van der Waals surface area contributed by atoms with E-state index in [2.05, 4.69) is 45.4 Å². The molecule has 0 radical (unpaired) electrons. The van der Waals surface area contributed by atoms with Gasteiger partial charge in [0.1, 0.15) is 5.69 Å². The summed E-state index contributed by atoms with van der Waals surface area (Å²) in [6.45, 7) is 10.2. The molecule has 2 aromatic carbocycles. The molecule has 0 aliphatic heterocycles. The summed E-state index contributed by atoms with van der Waals surface area (Å²) in [5, 5.41) is 6.08. The lowest BCUT2D eigenvalue weighted by molar-refractivity contribution is 0.102. The van der Waals surface area contributed by atoms with E-state index in [1.54, 1.807) is 12.3 Å². The topological polar surface area (TPSA) is 70.2 Å². The molecule has 0 bridgehead atoms. The van der Waals surface area contributed by atoms with Crippen molar-refractivity contribution in [3.8, 4) is 0 Å².